The van der Waals surface area contributed by atoms with E-state index in [1.165, 1.54) is 12.1 Å². The molecule has 29 heavy (non-hydrogen) atoms. The molecule has 0 aromatic heterocycles. The molecule has 0 radical (unpaired) electrons. The van der Waals surface area contributed by atoms with Crippen LogP contribution in [0.15, 0.2) is 24.3 Å². The van der Waals surface area contributed by atoms with Gasteiger partial charge in [-0.3, -0.25) is 4.79 Å². The molecular formula is C20H21F3N2O4. The summed E-state index contributed by atoms with van der Waals surface area (Å²) in [5.41, 5.74) is 0.315. The normalized spacial score (nSPS) is 35.4. The van der Waals surface area contributed by atoms with Gasteiger partial charge in [0.2, 0.25) is 5.91 Å². The first kappa shape index (κ1) is 18.6. The summed E-state index contributed by atoms with van der Waals surface area (Å²) in [5.74, 6) is 0.0530. The van der Waals surface area contributed by atoms with Gasteiger partial charge in [-0.1, -0.05) is 12.1 Å². The highest BCUT2D eigenvalue weighted by Crippen LogP contribution is 2.60. The van der Waals surface area contributed by atoms with E-state index < -0.39 is 12.5 Å². The Labute approximate surface area is 165 Å². The van der Waals surface area contributed by atoms with E-state index in [0.717, 1.165) is 18.4 Å². The lowest BCUT2D eigenvalue weighted by molar-refractivity contribution is -0.274. The summed E-state index contributed by atoms with van der Waals surface area (Å²) in [6.45, 7) is 1.53. The van der Waals surface area contributed by atoms with Gasteiger partial charge in [0.05, 0.1) is 5.54 Å². The van der Waals surface area contributed by atoms with Crippen molar-refractivity contribution < 1.29 is 32.2 Å². The van der Waals surface area contributed by atoms with Crippen molar-refractivity contribution in [3.05, 3.63) is 29.8 Å². The summed E-state index contributed by atoms with van der Waals surface area (Å²) in [7, 11) is 0. The number of hydrogen-bond donors (Lipinski definition) is 1. The number of amides is 2. The number of carbonyl (C=O) groups is 2. The summed E-state index contributed by atoms with van der Waals surface area (Å²) < 4.78 is 46.5. The summed E-state index contributed by atoms with van der Waals surface area (Å²) >= 11 is 0. The second-order valence-corrected chi connectivity index (χ2v) is 8.75. The molecule has 2 heterocycles. The number of likely N-dealkylation sites (tertiary alicyclic amines) is 1. The Morgan fingerprint density at radius 3 is 2.72 bits per heavy atom. The van der Waals surface area contributed by atoms with Crippen molar-refractivity contribution in [3.63, 3.8) is 0 Å². The van der Waals surface area contributed by atoms with Crippen LogP contribution in [0.3, 0.4) is 0 Å². The predicted octanol–water partition coefficient (Wildman–Crippen LogP) is 2.96. The number of alkyl halides is 3. The Bertz CT molecular complexity index is 868. The van der Waals surface area contributed by atoms with Crippen LogP contribution < -0.4 is 10.1 Å². The molecule has 2 saturated heterocycles. The molecule has 0 unspecified atom stereocenters. The molecule has 2 aliphatic carbocycles. The lowest BCUT2D eigenvalue weighted by Gasteiger charge is -2.44. The standard InChI is InChI=1S/C20H21F3N2O4/c21-20(22,23)29-15-3-1-2-13(6-15)19-4-5-25(10-14(19)9-19)16(26)12-7-18(8-12)11-28-17(27)24-18/h1-3,6,12,14H,4-5,7-11H2,(H,24,27)/t12?,14-,18?,19-/m0/s1. The van der Waals surface area contributed by atoms with Crippen molar-refractivity contribution >= 4 is 12.0 Å². The zero-order chi connectivity index (χ0) is 20.4. The fourth-order valence-electron chi connectivity index (χ4n) is 5.35. The van der Waals surface area contributed by atoms with Crippen molar-refractivity contribution in [2.45, 2.75) is 43.0 Å². The lowest BCUT2D eigenvalue weighted by atomic mass is 9.68. The number of nitrogens with one attached hydrogen (secondary N) is 1. The molecule has 5 rings (SSSR count). The van der Waals surface area contributed by atoms with Crippen molar-refractivity contribution in [3.8, 4) is 5.75 Å². The summed E-state index contributed by atoms with van der Waals surface area (Å²) in [6, 6.07) is 6.22. The highest BCUT2D eigenvalue weighted by molar-refractivity contribution is 5.82. The fourth-order valence-corrected chi connectivity index (χ4v) is 5.35. The van der Waals surface area contributed by atoms with E-state index in [-0.39, 0.29) is 34.4 Å². The molecule has 2 saturated carbocycles. The van der Waals surface area contributed by atoms with Gasteiger partial charge in [0.25, 0.3) is 0 Å². The maximum absolute atomic E-state index is 12.8. The number of benzene rings is 1. The molecule has 2 atom stereocenters. The number of ether oxygens (including phenoxy) is 2. The summed E-state index contributed by atoms with van der Waals surface area (Å²) in [6.07, 6.45) is -2.34. The predicted molar refractivity (Wildman–Crippen MR) is 94.0 cm³/mol. The van der Waals surface area contributed by atoms with Gasteiger partial charge in [-0.15, -0.1) is 13.2 Å². The van der Waals surface area contributed by atoms with Crippen LogP contribution >= 0.6 is 0 Å². The van der Waals surface area contributed by atoms with Gasteiger partial charge in [0.15, 0.2) is 0 Å². The highest BCUT2D eigenvalue weighted by atomic mass is 19.4. The Morgan fingerprint density at radius 1 is 1.28 bits per heavy atom. The monoisotopic (exact) mass is 410 g/mol. The fraction of sp³-hybridized carbons (Fsp3) is 0.600. The molecule has 4 aliphatic rings. The number of alkyl carbamates (subject to hydrolysis) is 1. The van der Waals surface area contributed by atoms with Crippen LogP contribution in [0, 0.1) is 11.8 Å². The molecule has 2 amide bonds. The number of fused-ring (bicyclic) bond motifs is 1. The maximum Gasteiger partial charge on any atom is 0.573 e. The number of hydrogen-bond acceptors (Lipinski definition) is 4. The number of piperidine rings is 1. The zero-order valence-electron chi connectivity index (χ0n) is 15.6. The van der Waals surface area contributed by atoms with Gasteiger partial charge in [-0.05, 0) is 49.3 Å². The SMILES string of the molecule is O=C1NC2(CO1)CC(C(=O)N1CC[C@@]3(c4cccc(OC(F)(F)F)c4)C[C@H]3C1)C2. The third kappa shape index (κ3) is 3.20. The average Bonchev–Trinajstić information content (AvgIpc) is 3.24. The van der Waals surface area contributed by atoms with Gasteiger partial charge < -0.3 is 19.7 Å². The van der Waals surface area contributed by atoms with Crippen LogP contribution in [0.25, 0.3) is 0 Å². The van der Waals surface area contributed by atoms with E-state index in [1.807, 2.05) is 11.0 Å². The van der Waals surface area contributed by atoms with Crippen LogP contribution in [-0.2, 0) is 14.9 Å². The van der Waals surface area contributed by atoms with Gasteiger partial charge in [0, 0.05) is 24.4 Å². The first-order valence-corrected chi connectivity index (χ1v) is 9.78. The summed E-state index contributed by atoms with van der Waals surface area (Å²) in [5, 5.41) is 2.80. The highest BCUT2D eigenvalue weighted by Gasteiger charge is 2.60. The Hall–Kier alpha value is -2.45. The van der Waals surface area contributed by atoms with Gasteiger partial charge in [-0.2, -0.15) is 0 Å². The molecule has 2 aliphatic heterocycles. The first-order valence-electron chi connectivity index (χ1n) is 9.78. The minimum atomic E-state index is -4.71. The largest absolute Gasteiger partial charge is 0.573 e. The Balaban J connectivity index is 1.21. The average molecular weight is 410 g/mol. The molecular weight excluding hydrogens is 389 g/mol. The minimum absolute atomic E-state index is 0.103. The zero-order valence-corrected chi connectivity index (χ0v) is 15.6. The van der Waals surface area contributed by atoms with Gasteiger partial charge in [-0.25, -0.2) is 4.79 Å². The van der Waals surface area contributed by atoms with Crippen molar-refractivity contribution in [2.75, 3.05) is 19.7 Å². The van der Waals surface area contributed by atoms with Crippen LogP contribution in [-0.4, -0.2) is 48.5 Å². The van der Waals surface area contributed by atoms with Crippen LogP contribution in [0.4, 0.5) is 18.0 Å². The van der Waals surface area contributed by atoms with Gasteiger partial charge >= 0.3 is 12.5 Å². The van der Waals surface area contributed by atoms with E-state index in [1.54, 1.807) is 6.07 Å². The minimum Gasteiger partial charge on any atom is -0.447 e. The maximum atomic E-state index is 12.8. The van der Waals surface area contributed by atoms with E-state index in [4.69, 9.17) is 4.74 Å². The number of cyclic esters (lactones) is 1. The molecule has 156 valence electrons. The molecule has 4 fully saturated rings. The number of nitrogens with zero attached hydrogens (tertiary/aromatic N) is 1. The van der Waals surface area contributed by atoms with E-state index in [9.17, 15) is 22.8 Å². The third-order valence-electron chi connectivity index (χ3n) is 6.93. The first-order chi connectivity index (χ1) is 13.7. The van der Waals surface area contributed by atoms with Crippen molar-refractivity contribution in [1.29, 1.82) is 0 Å². The lowest BCUT2D eigenvalue weighted by Crippen LogP contribution is -2.58. The quantitative estimate of drug-likeness (QED) is 0.832. The van der Waals surface area contributed by atoms with Gasteiger partial charge in [0.1, 0.15) is 12.4 Å². The summed E-state index contributed by atoms with van der Waals surface area (Å²) in [4.78, 5) is 26.0. The Morgan fingerprint density at radius 2 is 2.07 bits per heavy atom. The van der Waals surface area contributed by atoms with Crippen LogP contribution in [0.5, 0.6) is 5.75 Å². The van der Waals surface area contributed by atoms with Crippen LogP contribution in [0.2, 0.25) is 0 Å². The molecule has 9 heteroatoms. The number of carbonyl (C=O) groups excluding carboxylic acids is 2. The van der Waals surface area contributed by atoms with E-state index >= 15 is 0 Å². The van der Waals surface area contributed by atoms with Crippen molar-refractivity contribution in [2.24, 2.45) is 11.8 Å². The molecule has 0 bridgehead atoms. The Kier molecular flexibility index (Phi) is 3.86. The molecule has 1 aromatic rings. The van der Waals surface area contributed by atoms with E-state index in [0.29, 0.717) is 32.5 Å². The van der Waals surface area contributed by atoms with Crippen molar-refractivity contribution in [1.82, 2.24) is 10.2 Å². The smallest absolute Gasteiger partial charge is 0.447 e. The topological polar surface area (TPSA) is 67.9 Å². The number of halogens is 3. The van der Waals surface area contributed by atoms with Crippen LogP contribution in [0.1, 0.15) is 31.2 Å². The molecule has 1 aromatic carbocycles. The third-order valence-corrected chi connectivity index (χ3v) is 6.93. The second kappa shape index (κ2) is 6.03. The van der Waals surface area contributed by atoms with E-state index in [2.05, 4.69) is 10.1 Å². The molecule has 1 spiro atoms. The second-order valence-electron chi connectivity index (χ2n) is 8.75. The molecule has 1 N–H and O–H groups in total. The molecule has 6 nitrogen and oxygen atoms in total. The number of rotatable bonds is 3.